The predicted octanol–water partition coefficient (Wildman–Crippen LogP) is 3.63. The second-order valence-electron chi connectivity index (χ2n) is 5.67. The first-order valence-electron chi connectivity index (χ1n) is 8.11. The van der Waals surface area contributed by atoms with Crippen molar-refractivity contribution in [1.29, 1.82) is 0 Å². The van der Waals surface area contributed by atoms with Crippen LogP contribution in [0.4, 0.5) is 0 Å². The highest BCUT2D eigenvalue weighted by atomic mass is 32.2. The second kappa shape index (κ2) is 7.63. The van der Waals surface area contributed by atoms with Crippen molar-refractivity contribution in [3.8, 4) is 0 Å². The minimum atomic E-state index is -3.67. The fourth-order valence-corrected chi connectivity index (χ4v) is 3.90. The monoisotopic (exact) mass is 356 g/mol. The third-order valence-corrected chi connectivity index (χ3v) is 5.75. The molecular formula is C19H20N2O3S. The smallest absolute Gasteiger partial charge is 0.243 e. The molecule has 3 rings (SSSR count). The molecule has 1 aromatic carbocycles. The van der Waals surface area contributed by atoms with Crippen LogP contribution in [-0.4, -0.2) is 17.7 Å². The van der Waals surface area contributed by atoms with Gasteiger partial charge in [0.2, 0.25) is 10.0 Å². The van der Waals surface area contributed by atoms with Gasteiger partial charge in [0.25, 0.3) is 0 Å². The summed E-state index contributed by atoms with van der Waals surface area (Å²) in [6.45, 7) is 2.37. The highest BCUT2D eigenvalue weighted by molar-refractivity contribution is 7.89. The number of nitrogens with zero attached hydrogens (tertiary/aromatic N) is 2. The largest absolute Gasteiger partial charge is 0.468 e. The molecule has 0 aliphatic rings. The molecule has 0 atom stereocenters. The number of hydrogen-bond donors (Lipinski definition) is 0. The number of benzene rings is 1. The summed E-state index contributed by atoms with van der Waals surface area (Å²) in [6.07, 6.45) is 4.06. The molecule has 130 valence electrons. The van der Waals surface area contributed by atoms with Crippen molar-refractivity contribution in [3.63, 3.8) is 0 Å². The minimum Gasteiger partial charge on any atom is -0.468 e. The number of rotatable bonds is 7. The first kappa shape index (κ1) is 17.4. The van der Waals surface area contributed by atoms with Gasteiger partial charge < -0.3 is 4.42 Å². The standard InChI is InChI=1S/C19H20N2O3S/c1-2-16-8-10-19(11-9-16)25(22,23)21(15-18-7-5-13-24-18)14-17-6-3-4-12-20-17/h3-13H,2,14-15H2,1H3. The fourth-order valence-electron chi connectivity index (χ4n) is 2.52. The summed E-state index contributed by atoms with van der Waals surface area (Å²) < 4.78 is 33.0. The molecule has 0 saturated carbocycles. The first-order valence-corrected chi connectivity index (χ1v) is 9.55. The van der Waals surface area contributed by atoms with Gasteiger partial charge in [0.05, 0.1) is 29.9 Å². The Morgan fingerprint density at radius 2 is 1.80 bits per heavy atom. The predicted molar refractivity (Wildman–Crippen MR) is 95.2 cm³/mol. The molecule has 0 spiro atoms. The van der Waals surface area contributed by atoms with E-state index in [1.807, 2.05) is 31.2 Å². The van der Waals surface area contributed by atoms with Crippen molar-refractivity contribution in [2.45, 2.75) is 31.3 Å². The fraction of sp³-hybridized carbons (Fsp3) is 0.211. The Labute approximate surface area is 148 Å². The van der Waals surface area contributed by atoms with Crippen molar-refractivity contribution in [3.05, 3.63) is 84.1 Å². The molecular weight excluding hydrogens is 336 g/mol. The zero-order chi connectivity index (χ0) is 17.7. The molecule has 0 aliphatic heterocycles. The lowest BCUT2D eigenvalue weighted by atomic mass is 10.2. The van der Waals surface area contributed by atoms with Crippen LogP contribution in [0.5, 0.6) is 0 Å². The molecule has 0 amide bonds. The average molecular weight is 356 g/mol. The lowest BCUT2D eigenvalue weighted by Crippen LogP contribution is -2.30. The molecule has 0 unspecified atom stereocenters. The van der Waals surface area contributed by atoms with Gasteiger partial charge >= 0.3 is 0 Å². The molecule has 0 bridgehead atoms. The van der Waals surface area contributed by atoms with Crippen molar-refractivity contribution in [2.75, 3.05) is 0 Å². The molecule has 25 heavy (non-hydrogen) atoms. The second-order valence-corrected chi connectivity index (χ2v) is 7.61. The van der Waals surface area contributed by atoms with E-state index in [0.717, 1.165) is 12.0 Å². The van der Waals surface area contributed by atoms with Crippen molar-refractivity contribution in [1.82, 2.24) is 9.29 Å². The molecule has 0 fully saturated rings. The minimum absolute atomic E-state index is 0.154. The summed E-state index contributed by atoms with van der Waals surface area (Å²) in [5, 5.41) is 0. The van der Waals surface area contributed by atoms with E-state index in [1.165, 1.54) is 10.6 Å². The molecule has 2 heterocycles. The lowest BCUT2D eigenvalue weighted by molar-refractivity contribution is 0.355. The van der Waals surface area contributed by atoms with E-state index in [1.54, 1.807) is 36.5 Å². The van der Waals surface area contributed by atoms with Crippen LogP contribution in [0.2, 0.25) is 0 Å². The van der Waals surface area contributed by atoms with Crippen LogP contribution >= 0.6 is 0 Å². The molecule has 0 saturated heterocycles. The van der Waals surface area contributed by atoms with Gasteiger partial charge in [-0.25, -0.2) is 8.42 Å². The van der Waals surface area contributed by atoms with Crippen LogP contribution in [-0.2, 0) is 29.5 Å². The molecule has 5 nitrogen and oxygen atoms in total. The third-order valence-electron chi connectivity index (χ3n) is 3.95. The van der Waals surface area contributed by atoms with Gasteiger partial charge in [-0.2, -0.15) is 4.31 Å². The van der Waals surface area contributed by atoms with E-state index in [2.05, 4.69) is 4.98 Å². The summed E-state index contributed by atoms with van der Waals surface area (Å²) in [5.41, 5.74) is 1.78. The Morgan fingerprint density at radius 3 is 2.40 bits per heavy atom. The van der Waals surface area contributed by atoms with Gasteiger partial charge in [-0.1, -0.05) is 25.1 Å². The molecule has 6 heteroatoms. The molecule has 0 N–H and O–H groups in total. The number of furan rings is 1. The third kappa shape index (κ3) is 4.15. The van der Waals surface area contributed by atoms with Crippen LogP contribution < -0.4 is 0 Å². The normalized spacial score (nSPS) is 11.8. The maximum absolute atomic E-state index is 13.1. The van der Waals surface area contributed by atoms with Gasteiger partial charge in [-0.05, 0) is 48.4 Å². The summed E-state index contributed by atoms with van der Waals surface area (Å²) in [5.74, 6) is 0.588. The summed E-state index contributed by atoms with van der Waals surface area (Å²) in [7, 11) is -3.67. The topological polar surface area (TPSA) is 63.4 Å². The van der Waals surface area contributed by atoms with Crippen LogP contribution in [0.15, 0.2) is 76.4 Å². The zero-order valence-electron chi connectivity index (χ0n) is 14.0. The van der Waals surface area contributed by atoms with Crippen LogP contribution in [0.1, 0.15) is 23.9 Å². The van der Waals surface area contributed by atoms with Gasteiger partial charge in [0.1, 0.15) is 5.76 Å². The maximum atomic E-state index is 13.1. The molecule has 2 aromatic heterocycles. The maximum Gasteiger partial charge on any atom is 0.243 e. The highest BCUT2D eigenvalue weighted by Crippen LogP contribution is 2.21. The zero-order valence-corrected chi connectivity index (χ0v) is 14.8. The van der Waals surface area contributed by atoms with E-state index < -0.39 is 10.0 Å². The molecule has 0 radical (unpaired) electrons. The van der Waals surface area contributed by atoms with Gasteiger partial charge in [-0.15, -0.1) is 0 Å². The first-order chi connectivity index (χ1) is 12.1. The van der Waals surface area contributed by atoms with Crippen LogP contribution in [0.3, 0.4) is 0 Å². The van der Waals surface area contributed by atoms with E-state index in [0.29, 0.717) is 11.5 Å². The van der Waals surface area contributed by atoms with E-state index in [4.69, 9.17) is 4.42 Å². The van der Waals surface area contributed by atoms with Gasteiger partial charge in [-0.3, -0.25) is 4.98 Å². The Morgan fingerprint density at radius 1 is 1.00 bits per heavy atom. The van der Waals surface area contributed by atoms with Gasteiger partial charge in [0.15, 0.2) is 0 Å². The molecule has 3 aromatic rings. The Hall–Kier alpha value is -2.44. The summed E-state index contributed by atoms with van der Waals surface area (Å²) in [6, 6.07) is 16.0. The number of aromatic nitrogens is 1. The number of aryl methyl sites for hydroxylation is 1. The Bertz CT molecular complexity index is 890. The van der Waals surface area contributed by atoms with E-state index in [-0.39, 0.29) is 18.0 Å². The summed E-state index contributed by atoms with van der Waals surface area (Å²) >= 11 is 0. The Balaban J connectivity index is 1.93. The SMILES string of the molecule is CCc1ccc(S(=O)(=O)N(Cc2ccccn2)Cc2ccco2)cc1. The summed E-state index contributed by atoms with van der Waals surface area (Å²) in [4.78, 5) is 4.52. The average Bonchev–Trinajstić information content (AvgIpc) is 3.15. The Kier molecular flexibility index (Phi) is 5.31. The van der Waals surface area contributed by atoms with E-state index >= 15 is 0 Å². The van der Waals surface area contributed by atoms with Crippen molar-refractivity contribution < 1.29 is 12.8 Å². The quantitative estimate of drug-likeness (QED) is 0.648. The van der Waals surface area contributed by atoms with E-state index in [9.17, 15) is 8.42 Å². The van der Waals surface area contributed by atoms with Crippen molar-refractivity contribution >= 4 is 10.0 Å². The highest BCUT2D eigenvalue weighted by Gasteiger charge is 2.26. The molecule has 0 aliphatic carbocycles. The van der Waals surface area contributed by atoms with Gasteiger partial charge in [0, 0.05) is 6.20 Å². The lowest BCUT2D eigenvalue weighted by Gasteiger charge is -2.21. The number of sulfonamides is 1. The number of hydrogen-bond acceptors (Lipinski definition) is 4. The van der Waals surface area contributed by atoms with Crippen LogP contribution in [0.25, 0.3) is 0 Å². The number of pyridine rings is 1. The van der Waals surface area contributed by atoms with Crippen LogP contribution in [0, 0.1) is 0 Å². The van der Waals surface area contributed by atoms with Crippen molar-refractivity contribution in [2.24, 2.45) is 0 Å².